The van der Waals surface area contributed by atoms with Crippen LogP contribution in [0.4, 0.5) is 11.5 Å². The van der Waals surface area contributed by atoms with Crippen molar-refractivity contribution in [1.82, 2.24) is 0 Å². The molecule has 4 rings (SSSR count). The number of carbonyl (C=O) groups is 1. The number of morpholine rings is 1. The third-order valence-corrected chi connectivity index (χ3v) is 4.39. The van der Waals surface area contributed by atoms with Gasteiger partial charge in [-0.05, 0) is 24.3 Å². The van der Waals surface area contributed by atoms with Crippen molar-refractivity contribution in [3.8, 4) is 0 Å². The van der Waals surface area contributed by atoms with Crippen LogP contribution in [0.5, 0.6) is 0 Å². The van der Waals surface area contributed by atoms with Crippen LogP contribution in [-0.4, -0.2) is 32.2 Å². The predicted octanol–water partition coefficient (Wildman–Crippen LogP) is 2.74. The van der Waals surface area contributed by atoms with Crippen LogP contribution in [0.1, 0.15) is 10.4 Å². The quantitative estimate of drug-likeness (QED) is 0.801. The number of hydrogen-bond acceptors (Lipinski definition) is 3. The Morgan fingerprint density at radius 1 is 1.00 bits per heavy atom. The molecular formula is C20H20N3O2+. The summed E-state index contributed by atoms with van der Waals surface area (Å²) in [6.45, 7) is 3.03. The summed E-state index contributed by atoms with van der Waals surface area (Å²) in [5.41, 5.74) is 2.40. The molecule has 0 aliphatic carbocycles. The summed E-state index contributed by atoms with van der Waals surface area (Å²) in [7, 11) is 0. The molecule has 0 unspecified atom stereocenters. The van der Waals surface area contributed by atoms with E-state index in [-0.39, 0.29) is 5.91 Å². The fourth-order valence-corrected chi connectivity index (χ4v) is 3.10. The molecule has 2 heterocycles. The summed E-state index contributed by atoms with van der Waals surface area (Å²) in [6.07, 6.45) is 0. The molecule has 5 heteroatoms. The van der Waals surface area contributed by atoms with Crippen LogP contribution in [0.15, 0.2) is 60.7 Å². The van der Waals surface area contributed by atoms with Gasteiger partial charge in [-0.2, -0.15) is 0 Å². The molecule has 0 saturated carbocycles. The monoisotopic (exact) mass is 334 g/mol. The lowest BCUT2D eigenvalue weighted by Crippen LogP contribution is -2.39. The molecule has 1 amide bonds. The number of nitrogens with one attached hydrogen (secondary N) is 2. The Bertz CT molecular complexity index is 890. The van der Waals surface area contributed by atoms with Gasteiger partial charge in [-0.25, -0.2) is 4.98 Å². The van der Waals surface area contributed by atoms with Crippen molar-refractivity contribution in [2.24, 2.45) is 0 Å². The predicted molar refractivity (Wildman–Crippen MR) is 97.9 cm³/mol. The van der Waals surface area contributed by atoms with Crippen molar-refractivity contribution in [2.45, 2.75) is 0 Å². The highest BCUT2D eigenvalue weighted by Crippen LogP contribution is 2.21. The van der Waals surface area contributed by atoms with Crippen molar-refractivity contribution < 1.29 is 14.5 Å². The van der Waals surface area contributed by atoms with Gasteiger partial charge in [0.2, 0.25) is 0 Å². The maximum Gasteiger partial charge on any atom is 0.275 e. The maximum atomic E-state index is 12.9. The lowest BCUT2D eigenvalue weighted by molar-refractivity contribution is -0.331. The van der Waals surface area contributed by atoms with Crippen LogP contribution in [-0.2, 0) is 4.74 Å². The van der Waals surface area contributed by atoms with Crippen LogP contribution in [0, 0.1) is 0 Å². The Hall–Kier alpha value is -2.92. The number of rotatable bonds is 3. The van der Waals surface area contributed by atoms with Crippen LogP contribution in [0.2, 0.25) is 0 Å². The summed E-state index contributed by atoms with van der Waals surface area (Å²) in [5, 5.41) is 3.89. The van der Waals surface area contributed by atoms with E-state index in [1.165, 1.54) is 0 Å². The lowest BCUT2D eigenvalue weighted by Gasteiger charge is -2.22. The van der Waals surface area contributed by atoms with Crippen molar-refractivity contribution in [2.75, 3.05) is 36.5 Å². The van der Waals surface area contributed by atoms with E-state index >= 15 is 0 Å². The Balaban J connectivity index is 1.74. The largest absolute Gasteiger partial charge is 0.373 e. The summed E-state index contributed by atoms with van der Waals surface area (Å²) in [5.74, 6) is 0.839. The van der Waals surface area contributed by atoms with Gasteiger partial charge in [0.1, 0.15) is 18.6 Å². The Labute approximate surface area is 146 Å². The van der Waals surface area contributed by atoms with Gasteiger partial charge in [0.15, 0.2) is 0 Å². The minimum absolute atomic E-state index is 0.106. The minimum Gasteiger partial charge on any atom is -0.373 e. The molecule has 126 valence electrons. The molecule has 2 N–H and O–H groups in total. The average Bonchev–Trinajstić information content (AvgIpc) is 2.68. The zero-order valence-corrected chi connectivity index (χ0v) is 13.9. The number of hydrogen-bond donors (Lipinski definition) is 1. The molecule has 0 atom stereocenters. The van der Waals surface area contributed by atoms with E-state index in [1.54, 1.807) is 0 Å². The van der Waals surface area contributed by atoms with Crippen molar-refractivity contribution in [3.05, 3.63) is 66.2 Å². The molecule has 0 bridgehead atoms. The number of anilines is 2. The van der Waals surface area contributed by atoms with Crippen LogP contribution < -0.4 is 15.2 Å². The van der Waals surface area contributed by atoms with E-state index in [0.29, 0.717) is 18.8 Å². The number of para-hydroxylation sites is 2. The molecule has 0 radical (unpaired) electrons. The molecule has 1 saturated heterocycles. The Morgan fingerprint density at radius 3 is 2.52 bits per heavy atom. The molecule has 1 aliphatic rings. The third kappa shape index (κ3) is 3.32. The molecule has 3 aromatic rings. The number of carbonyl (C=O) groups excluding carboxylic acids is 1. The van der Waals surface area contributed by atoms with E-state index in [1.807, 2.05) is 60.7 Å². The smallest absolute Gasteiger partial charge is 0.275 e. The van der Waals surface area contributed by atoms with Gasteiger partial charge in [0, 0.05) is 17.1 Å². The summed E-state index contributed by atoms with van der Waals surface area (Å²) >= 11 is 0. The first kappa shape index (κ1) is 15.6. The second-order valence-corrected chi connectivity index (χ2v) is 6.03. The number of aromatic nitrogens is 1. The van der Waals surface area contributed by atoms with Crippen molar-refractivity contribution in [3.63, 3.8) is 0 Å². The normalized spacial score (nSPS) is 14.5. The van der Waals surface area contributed by atoms with E-state index in [2.05, 4.69) is 15.2 Å². The average molecular weight is 334 g/mol. The third-order valence-electron chi connectivity index (χ3n) is 4.39. The topological polar surface area (TPSA) is 55.7 Å². The van der Waals surface area contributed by atoms with Gasteiger partial charge in [0.25, 0.3) is 11.7 Å². The summed E-state index contributed by atoms with van der Waals surface area (Å²) in [4.78, 5) is 18.6. The van der Waals surface area contributed by atoms with E-state index in [4.69, 9.17) is 4.74 Å². The second-order valence-electron chi connectivity index (χ2n) is 6.03. The van der Waals surface area contributed by atoms with Gasteiger partial charge in [-0.15, -0.1) is 0 Å². The molecule has 5 nitrogen and oxygen atoms in total. The van der Waals surface area contributed by atoms with Gasteiger partial charge in [-0.1, -0.05) is 30.3 Å². The highest BCUT2D eigenvalue weighted by atomic mass is 16.5. The first-order valence-corrected chi connectivity index (χ1v) is 8.45. The molecule has 1 aliphatic heterocycles. The number of amides is 1. The highest BCUT2D eigenvalue weighted by molar-refractivity contribution is 6.12. The Kier molecular flexibility index (Phi) is 4.31. The van der Waals surface area contributed by atoms with Crippen molar-refractivity contribution in [1.29, 1.82) is 0 Å². The van der Waals surface area contributed by atoms with E-state index in [9.17, 15) is 4.79 Å². The summed E-state index contributed by atoms with van der Waals surface area (Å²) < 4.78 is 5.43. The molecule has 2 aromatic carbocycles. The van der Waals surface area contributed by atoms with Crippen LogP contribution in [0.25, 0.3) is 10.9 Å². The standard InChI is InChI=1S/C20H19N3O2/c24-20(21-15-6-2-1-3-7-15)17-14-19(23-10-12-25-13-11-23)22-18-9-5-4-8-16(17)18/h1-9,14H,10-13H2,(H,21,24)/p+1. The Morgan fingerprint density at radius 2 is 1.72 bits per heavy atom. The number of ether oxygens (including phenoxy) is 1. The van der Waals surface area contributed by atoms with Crippen LogP contribution >= 0.6 is 0 Å². The number of H-pyrrole nitrogens is 1. The van der Waals surface area contributed by atoms with E-state index < -0.39 is 0 Å². The number of aromatic amines is 1. The highest BCUT2D eigenvalue weighted by Gasteiger charge is 2.23. The number of fused-ring (bicyclic) bond motifs is 1. The number of nitrogens with zero attached hydrogens (tertiary/aromatic N) is 1. The summed E-state index contributed by atoms with van der Waals surface area (Å²) in [6, 6.07) is 19.3. The molecule has 0 spiro atoms. The lowest BCUT2D eigenvalue weighted by atomic mass is 10.1. The second kappa shape index (κ2) is 6.91. The zero-order valence-electron chi connectivity index (χ0n) is 13.9. The van der Waals surface area contributed by atoms with E-state index in [0.717, 1.165) is 35.5 Å². The fourth-order valence-electron chi connectivity index (χ4n) is 3.10. The van der Waals surface area contributed by atoms with Crippen LogP contribution in [0.3, 0.4) is 0 Å². The van der Waals surface area contributed by atoms with Crippen molar-refractivity contribution >= 4 is 28.3 Å². The fraction of sp³-hybridized carbons (Fsp3) is 0.200. The molecule has 25 heavy (non-hydrogen) atoms. The first-order chi connectivity index (χ1) is 12.3. The molecular weight excluding hydrogens is 314 g/mol. The van der Waals surface area contributed by atoms with Gasteiger partial charge in [-0.3, -0.25) is 9.69 Å². The zero-order chi connectivity index (χ0) is 17.1. The SMILES string of the molecule is O=C(Nc1ccccc1)c1cc(N2CCOCC2)[nH+]c2ccccc12. The number of benzene rings is 2. The minimum atomic E-state index is -0.106. The first-order valence-electron chi connectivity index (χ1n) is 8.45. The van der Waals surface area contributed by atoms with Gasteiger partial charge in [0.05, 0.1) is 18.8 Å². The molecule has 1 fully saturated rings. The van der Waals surface area contributed by atoms with Gasteiger partial charge >= 0.3 is 0 Å². The molecule has 1 aromatic heterocycles. The van der Waals surface area contributed by atoms with Gasteiger partial charge < -0.3 is 10.1 Å². The number of pyridine rings is 1. The maximum absolute atomic E-state index is 12.9.